The molecule has 0 bridgehead atoms. The quantitative estimate of drug-likeness (QED) is 0.160. The Hall–Kier alpha value is -4.57. The fourth-order valence-corrected chi connectivity index (χ4v) is 7.19. The maximum absolute atomic E-state index is 14.4. The van der Waals surface area contributed by atoms with E-state index in [1.165, 1.54) is 5.57 Å². The second-order valence-electron chi connectivity index (χ2n) is 13.6. The van der Waals surface area contributed by atoms with Crippen LogP contribution in [0, 0.1) is 0 Å². The van der Waals surface area contributed by atoms with Crippen molar-refractivity contribution in [1.82, 2.24) is 25.1 Å². The Bertz CT molecular complexity index is 1600. The Labute approximate surface area is 283 Å². The maximum Gasteiger partial charge on any atom is 0.334 e. The highest BCUT2D eigenvalue weighted by molar-refractivity contribution is 5.98. The van der Waals surface area contributed by atoms with Crippen molar-refractivity contribution in [3.05, 3.63) is 95.8 Å². The number of phenolic OH excluding ortho intramolecular Hbond substituents is 1. The number of nitrogens with one attached hydrogen (secondary N) is 1. The number of phenols is 1. The number of hydrazine groups is 1. The van der Waals surface area contributed by atoms with Crippen LogP contribution in [0.4, 0.5) is 4.79 Å². The number of nitrogens with zero attached hydrogens (tertiary/aromatic N) is 4. The topological polar surface area (TPSA) is 106 Å². The first kappa shape index (κ1) is 33.3. The standard InChI is InChI=1S/C38H47N5O5/c1-5-20-41-25-35(45)42-34(43(41)37(47)39-23-28-10-18-32(19-11-28)48-27(4)29-12-13-29)24-40(21-8-6-7-9-26(2)3)36(46)38(42)22-33(38)30-14-16-31(44)17-15-30/h5,10-11,14-19,33-34,44H,1-2,6-9,12-13,20-25H2,3-4H3,(H,39,47)/t33?,34-,38?/m0/s1. The molecule has 6 rings (SSSR count). The lowest BCUT2D eigenvalue weighted by Gasteiger charge is -2.56. The molecule has 4 fully saturated rings. The van der Waals surface area contributed by atoms with Gasteiger partial charge in [-0.25, -0.2) is 14.8 Å². The lowest BCUT2D eigenvalue weighted by molar-refractivity contribution is -0.192. The molecule has 10 nitrogen and oxygen atoms in total. The SMILES string of the molecule is C=CCN1CC(=O)N2[C@H](CN(CCCCCC(=C)C)C(=O)C23CC3c2ccc(O)cc2)N1C(=O)NCc1ccc(OC(C)=C2CC2)cc1. The molecule has 254 valence electrons. The highest BCUT2D eigenvalue weighted by atomic mass is 16.5. The number of unbranched alkanes of at least 4 members (excludes halogenated alkanes) is 2. The van der Waals surface area contributed by atoms with Gasteiger partial charge in [-0.05, 0) is 93.3 Å². The van der Waals surface area contributed by atoms with Crippen LogP contribution in [-0.4, -0.2) is 80.7 Å². The smallest absolute Gasteiger partial charge is 0.334 e. The van der Waals surface area contributed by atoms with Gasteiger partial charge in [0.15, 0.2) is 0 Å². The molecule has 0 aromatic heterocycles. The Morgan fingerprint density at radius 2 is 1.79 bits per heavy atom. The van der Waals surface area contributed by atoms with Gasteiger partial charge in [-0.1, -0.05) is 42.3 Å². The van der Waals surface area contributed by atoms with E-state index < -0.39 is 11.7 Å². The first-order valence-electron chi connectivity index (χ1n) is 17.1. The molecule has 10 heteroatoms. The summed E-state index contributed by atoms with van der Waals surface area (Å²) < 4.78 is 5.95. The van der Waals surface area contributed by atoms with Gasteiger partial charge in [0, 0.05) is 25.6 Å². The Balaban J connectivity index is 1.24. The van der Waals surface area contributed by atoms with Crippen LogP contribution in [0.2, 0.25) is 0 Å². The first-order valence-corrected chi connectivity index (χ1v) is 17.1. The summed E-state index contributed by atoms with van der Waals surface area (Å²) >= 11 is 0. The second-order valence-corrected chi connectivity index (χ2v) is 13.6. The Morgan fingerprint density at radius 1 is 1.06 bits per heavy atom. The van der Waals surface area contributed by atoms with Gasteiger partial charge in [-0.15, -0.1) is 13.2 Å². The number of urea groups is 1. The number of carbonyl (C=O) groups excluding carboxylic acids is 3. The molecule has 2 saturated heterocycles. The van der Waals surface area contributed by atoms with Crippen LogP contribution in [0.1, 0.15) is 75.8 Å². The number of aromatic hydroxyl groups is 1. The fourth-order valence-electron chi connectivity index (χ4n) is 7.19. The summed E-state index contributed by atoms with van der Waals surface area (Å²) in [6, 6.07) is 14.2. The third-order valence-corrected chi connectivity index (χ3v) is 9.89. The molecule has 3 atom stereocenters. The number of hydrogen-bond acceptors (Lipinski definition) is 6. The van der Waals surface area contributed by atoms with Crippen molar-refractivity contribution in [2.75, 3.05) is 26.2 Å². The molecule has 2 aromatic carbocycles. The number of allylic oxidation sites excluding steroid dienone is 3. The summed E-state index contributed by atoms with van der Waals surface area (Å²) in [6.45, 7) is 13.2. The van der Waals surface area contributed by atoms with Crippen molar-refractivity contribution in [2.24, 2.45) is 0 Å². The molecule has 1 spiro atoms. The molecule has 2 aliphatic carbocycles. The van der Waals surface area contributed by atoms with Crippen LogP contribution in [0.3, 0.4) is 0 Å². The second kappa shape index (κ2) is 13.9. The van der Waals surface area contributed by atoms with Crippen LogP contribution in [0.15, 0.2) is 84.7 Å². The number of amides is 4. The molecule has 2 N–H and O–H groups in total. The Kier molecular flexibility index (Phi) is 9.64. The molecular formula is C38H47N5O5. The summed E-state index contributed by atoms with van der Waals surface area (Å²) in [5, 5.41) is 16.3. The molecule has 2 heterocycles. The molecule has 2 aromatic rings. The van der Waals surface area contributed by atoms with Gasteiger partial charge < -0.3 is 25.0 Å². The van der Waals surface area contributed by atoms with Gasteiger partial charge in [0.25, 0.3) is 0 Å². The zero-order valence-electron chi connectivity index (χ0n) is 28.1. The number of carbonyl (C=O) groups is 3. The van der Waals surface area contributed by atoms with Gasteiger partial charge in [0.05, 0.1) is 13.1 Å². The van der Waals surface area contributed by atoms with E-state index in [1.54, 1.807) is 33.1 Å². The summed E-state index contributed by atoms with van der Waals surface area (Å²) in [5.74, 6) is 1.36. The monoisotopic (exact) mass is 653 g/mol. The van der Waals surface area contributed by atoms with Crippen molar-refractivity contribution in [1.29, 1.82) is 0 Å². The van der Waals surface area contributed by atoms with E-state index in [0.29, 0.717) is 19.5 Å². The number of piperazine rings is 1. The minimum Gasteiger partial charge on any atom is -0.508 e. The fraction of sp³-hybridized carbons (Fsp3) is 0.447. The van der Waals surface area contributed by atoms with Crippen molar-refractivity contribution < 1.29 is 24.2 Å². The minimum absolute atomic E-state index is 0.0466. The van der Waals surface area contributed by atoms with Crippen LogP contribution < -0.4 is 10.1 Å². The molecule has 4 aliphatic rings. The average Bonchev–Trinajstić information content (AvgIpc) is 3.99. The highest BCUT2D eigenvalue weighted by Crippen LogP contribution is 2.59. The van der Waals surface area contributed by atoms with E-state index in [4.69, 9.17) is 4.74 Å². The lowest BCUT2D eigenvalue weighted by Crippen LogP contribution is -2.77. The molecular weight excluding hydrogens is 606 g/mol. The van der Waals surface area contributed by atoms with Crippen LogP contribution in [0.25, 0.3) is 0 Å². The third kappa shape index (κ3) is 6.85. The molecule has 2 saturated carbocycles. The summed E-state index contributed by atoms with van der Waals surface area (Å²) in [4.78, 5) is 46.0. The van der Waals surface area contributed by atoms with Gasteiger partial charge in [-0.3, -0.25) is 9.59 Å². The number of ether oxygens (including phenoxy) is 1. The van der Waals surface area contributed by atoms with Crippen molar-refractivity contribution >= 4 is 17.8 Å². The molecule has 2 unspecified atom stereocenters. The van der Waals surface area contributed by atoms with E-state index in [-0.39, 0.29) is 49.1 Å². The summed E-state index contributed by atoms with van der Waals surface area (Å²) in [6.07, 6.45) is 7.37. The zero-order chi connectivity index (χ0) is 34.0. The van der Waals surface area contributed by atoms with Crippen molar-refractivity contribution in [3.8, 4) is 11.5 Å². The van der Waals surface area contributed by atoms with E-state index in [0.717, 1.165) is 66.7 Å². The van der Waals surface area contributed by atoms with Crippen LogP contribution >= 0.6 is 0 Å². The van der Waals surface area contributed by atoms with Gasteiger partial charge >= 0.3 is 6.03 Å². The number of rotatable bonds is 13. The summed E-state index contributed by atoms with van der Waals surface area (Å²) in [7, 11) is 0. The van der Waals surface area contributed by atoms with Crippen molar-refractivity contribution in [3.63, 3.8) is 0 Å². The average molecular weight is 654 g/mol. The predicted octanol–water partition coefficient (Wildman–Crippen LogP) is 5.83. The maximum atomic E-state index is 14.4. The predicted molar refractivity (Wildman–Crippen MR) is 184 cm³/mol. The molecule has 48 heavy (non-hydrogen) atoms. The van der Waals surface area contributed by atoms with E-state index in [2.05, 4.69) is 18.5 Å². The van der Waals surface area contributed by atoms with Crippen LogP contribution in [-0.2, 0) is 16.1 Å². The first-order chi connectivity index (χ1) is 23.1. The lowest BCUT2D eigenvalue weighted by atomic mass is 9.98. The largest absolute Gasteiger partial charge is 0.508 e. The number of hydrogen-bond donors (Lipinski definition) is 2. The number of fused-ring (bicyclic) bond motifs is 2. The normalized spacial score (nSPS) is 23.2. The van der Waals surface area contributed by atoms with E-state index in [1.807, 2.05) is 55.1 Å². The third-order valence-electron chi connectivity index (χ3n) is 9.89. The minimum atomic E-state index is -1.09. The molecule has 2 aliphatic heterocycles. The van der Waals surface area contributed by atoms with Gasteiger partial charge in [0.1, 0.15) is 29.0 Å². The Morgan fingerprint density at radius 3 is 2.46 bits per heavy atom. The van der Waals surface area contributed by atoms with Gasteiger partial charge in [0.2, 0.25) is 11.8 Å². The van der Waals surface area contributed by atoms with E-state index >= 15 is 0 Å². The molecule has 4 amide bonds. The summed E-state index contributed by atoms with van der Waals surface area (Å²) in [5.41, 5.74) is 3.20. The number of benzene rings is 2. The highest BCUT2D eigenvalue weighted by Gasteiger charge is 2.71. The van der Waals surface area contributed by atoms with E-state index in [9.17, 15) is 19.5 Å². The molecule has 0 radical (unpaired) electrons. The zero-order valence-corrected chi connectivity index (χ0v) is 28.1. The van der Waals surface area contributed by atoms with Gasteiger partial charge in [-0.2, -0.15) is 0 Å². The van der Waals surface area contributed by atoms with Crippen LogP contribution in [0.5, 0.6) is 11.5 Å². The van der Waals surface area contributed by atoms with Crippen molar-refractivity contribution in [2.45, 2.75) is 83.0 Å².